The molecular weight excluding hydrogens is 1060 g/mol. The molecule has 0 radical (unpaired) electrons. The van der Waals surface area contributed by atoms with Gasteiger partial charge in [0.1, 0.15) is 24.4 Å². The van der Waals surface area contributed by atoms with Crippen LogP contribution in [0.25, 0.3) is 0 Å². The van der Waals surface area contributed by atoms with E-state index in [1.54, 1.807) is 6.08 Å². The molecule has 1 aliphatic heterocycles. The van der Waals surface area contributed by atoms with Gasteiger partial charge >= 0.3 is 5.97 Å². The first-order chi connectivity index (χ1) is 41.7. The fraction of sp³-hybridized carbons (Fsp3) is 0.784. The van der Waals surface area contributed by atoms with Gasteiger partial charge in [0.2, 0.25) is 5.91 Å². The number of nitrogens with one attached hydrogen (secondary N) is 1. The van der Waals surface area contributed by atoms with Crippen LogP contribution >= 0.6 is 0 Å². The molecule has 8 unspecified atom stereocenters. The molecule has 1 saturated heterocycles. The molecule has 1 heterocycles. The zero-order chi connectivity index (χ0) is 61.7. The van der Waals surface area contributed by atoms with Gasteiger partial charge in [0, 0.05) is 6.42 Å². The zero-order valence-corrected chi connectivity index (χ0v) is 54.7. The van der Waals surface area contributed by atoms with Crippen molar-refractivity contribution in [3.8, 4) is 0 Å². The van der Waals surface area contributed by atoms with Gasteiger partial charge in [0.25, 0.3) is 0 Å². The van der Waals surface area contributed by atoms with E-state index < -0.39 is 67.4 Å². The van der Waals surface area contributed by atoms with E-state index >= 15 is 0 Å². The fourth-order valence-electron chi connectivity index (χ4n) is 10.8. The Kier molecular flexibility index (Phi) is 57.4. The molecule has 0 aromatic carbocycles. The lowest BCUT2D eigenvalue weighted by molar-refractivity contribution is -0.305. The second-order valence-corrected chi connectivity index (χ2v) is 24.2. The first-order valence-electron chi connectivity index (χ1n) is 35.4. The topological polar surface area (TPSA) is 175 Å². The van der Waals surface area contributed by atoms with Gasteiger partial charge in [0.15, 0.2) is 12.4 Å². The fourth-order valence-corrected chi connectivity index (χ4v) is 10.8. The molecule has 85 heavy (non-hydrogen) atoms. The summed E-state index contributed by atoms with van der Waals surface area (Å²) in [6.07, 6.45) is 70.5. The van der Waals surface area contributed by atoms with Crippen molar-refractivity contribution in [1.29, 1.82) is 0 Å². The Morgan fingerprint density at radius 3 is 1.27 bits per heavy atom. The highest BCUT2D eigenvalue weighted by Crippen LogP contribution is 2.26. The van der Waals surface area contributed by atoms with E-state index in [0.717, 1.165) is 109 Å². The van der Waals surface area contributed by atoms with Crippen molar-refractivity contribution in [2.24, 2.45) is 0 Å². The maximum atomic E-state index is 13.5. The van der Waals surface area contributed by atoms with Crippen LogP contribution in [-0.2, 0) is 23.8 Å². The van der Waals surface area contributed by atoms with Crippen LogP contribution in [0.2, 0.25) is 0 Å². The Balaban J connectivity index is 2.58. The standard InChI is InChI=1S/C74H131NO10/c1-4-7-10-13-16-19-22-24-26-28-30-32-33-34-36-37-39-41-43-46-49-52-55-58-61-67(78)73(82)75-65(66(77)60-57-54-51-48-45-21-18-15-12-9-6-3)64-83-74-72(71(81)70(80)68(63-76)84-74)85-69(79)62-59-56-53-50-47-44-42-40-38-35-31-29-27-25-23-20-17-14-11-8-5-2/h7,10,16,19,24,26,30,32,34,36,39,41,57,60,65-68,70-72,74,76-78,80-81H,4-6,8-9,11-15,17-18,20-23,25,27-29,31,33,35,37-38,40,42-56,58-59,61-64H2,1-3H3,(H,75,82)/b10-7-,19-16-,26-24-,32-30-,36-34-,41-39-,60-57+. The van der Waals surface area contributed by atoms with E-state index in [1.165, 1.54) is 154 Å². The average molecular weight is 1190 g/mol. The number of aliphatic hydroxyl groups is 5. The van der Waals surface area contributed by atoms with E-state index in [4.69, 9.17) is 14.2 Å². The van der Waals surface area contributed by atoms with Crippen LogP contribution in [-0.4, -0.2) is 99.6 Å². The summed E-state index contributed by atoms with van der Waals surface area (Å²) in [6, 6.07) is -1.04. The highest BCUT2D eigenvalue weighted by atomic mass is 16.7. The lowest BCUT2D eigenvalue weighted by atomic mass is 9.99. The van der Waals surface area contributed by atoms with Crippen LogP contribution in [0.15, 0.2) is 85.1 Å². The number of esters is 1. The number of allylic oxidation sites excluding steroid dienone is 13. The first-order valence-corrected chi connectivity index (χ1v) is 35.4. The molecule has 0 spiro atoms. The molecule has 1 rings (SSSR count). The maximum absolute atomic E-state index is 13.5. The average Bonchev–Trinajstić information content (AvgIpc) is 3.69. The van der Waals surface area contributed by atoms with E-state index in [2.05, 4.69) is 99.0 Å². The van der Waals surface area contributed by atoms with Gasteiger partial charge in [-0.1, -0.05) is 311 Å². The summed E-state index contributed by atoms with van der Waals surface area (Å²) in [5, 5.41) is 57.2. The van der Waals surface area contributed by atoms with Gasteiger partial charge in [-0.25, -0.2) is 0 Å². The minimum atomic E-state index is -1.62. The van der Waals surface area contributed by atoms with Crippen LogP contribution < -0.4 is 5.32 Å². The number of unbranched alkanes of at least 4 members (excludes halogenated alkanes) is 34. The Morgan fingerprint density at radius 1 is 0.471 bits per heavy atom. The van der Waals surface area contributed by atoms with E-state index in [9.17, 15) is 35.1 Å². The molecule has 0 aromatic heterocycles. The molecule has 11 heteroatoms. The highest BCUT2D eigenvalue weighted by molar-refractivity contribution is 5.80. The lowest BCUT2D eigenvalue weighted by Gasteiger charge is -2.41. The van der Waals surface area contributed by atoms with Crippen molar-refractivity contribution in [2.75, 3.05) is 13.2 Å². The second-order valence-electron chi connectivity index (χ2n) is 24.2. The minimum absolute atomic E-state index is 0.123. The highest BCUT2D eigenvalue weighted by Gasteiger charge is 2.47. The minimum Gasteiger partial charge on any atom is -0.454 e. The third-order valence-corrected chi connectivity index (χ3v) is 16.3. The summed E-state index contributed by atoms with van der Waals surface area (Å²) in [5.41, 5.74) is 0. The summed E-state index contributed by atoms with van der Waals surface area (Å²) < 4.78 is 17.7. The molecule has 1 aliphatic rings. The van der Waals surface area contributed by atoms with Crippen LogP contribution in [0.1, 0.15) is 310 Å². The van der Waals surface area contributed by atoms with Crippen LogP contribution in [0.5, 0.6) is 0 Å². The number of ether oxygens (including phenoxy) is 3. The third kappa shape index (κ3) is 48.4. The Labute approximate surface area is 521 Å². The number of amides is 1. The number of hydrogen-bond donors (Lipinski definition) is 6. The van der Waals surface area contributed by atoms with Gasteiger partial charge in [-0.3, -0.25) is 9.59 Å². The molecule has 0 bridgehead atoms. The Hall–Kier alpha value is -3.16. The van der Waals surface area contributed by atoms with Crippen molar-refractivity contribution in [1.82, 2.24) is 5.32 Å². The molecule has 0 saturated carbocycles. The Morgan fingerprint density at radius 2 is 0.847 bits per heavy atom. The van der Waals surface area contributed by atoms with Crippen LogP contribution in [0.4, 0.5) is 0 Å². The van der Waals surface area contributed by atoms with Crippen LogP contribution in [0, 0.1) is 0 Å². The van der Waals surface area contributed by atoms with Crippen LogP contribution in [0.3, 0.4) is 0 Å². The molecule has 1 fully saturated rings. The SMILES string of the molecule is CC/C=C\C/C=C\C/C=C\C/C=C\C/C=C\C/C=C\CCCCCCCC(O)C(=O)NC(COC1OC(CO)C(O)C(O)C1OC(=O)CCCCCCCCCCCCCCCCCCCCCCC)C(O)/C=C/CCCCCCCCCCC. The zero-order valence-electron chi connectivity index (χ0n) is 54.7. The quantitative estimate of drug-likeness (QED) is 0.0195. The molecule has 0 aliphatic carbocycles. The third-order valence-electron chi connectivity index (χ3n) is 16.3. The summed E-state index contributed by atoms with van der Waals surface area (Å²) in [6.45, 7) is 5.69. The van der Waals surface area contributed by atoms with Crippen molar-refractivity contribution in [3.63, 3.8) is 0 Å². The summed E-state index contributed by atoms with van der Waals surface area (Å²) in [4.78, 5) is 26.7. The van der Waals surface area contributed by atoms with Crippen molar-refractivity contribution < 1.29 is 49.3 Å². The molecule has 492 valence electrons. The number of aliphatic hydroxyl groups excluding tert-OH is 5. The van der Waals surface area contributed by atoms with Gasteiger partial charge in [0.05, 0.1) is 25.4 Å². The molecule has 8 atom stereocenters. The first kappa shape index (κ1) is 79.9. The van der Waals surface area contributed by atoms with Crippen molar-refractivity contribution in [3.05, 3.63) is 85.1 Å². The molecule has 0 aromatic rings. The number of rotatable bonds is 60. The van der Waals surface area contributed by atoms with Gasteiger partial charge in [-0.2, -0.15) is 0 Å². The smallest absolute Gasteiger partial charge is 0.306 e. The molecule has 11 nitrogen and oxygen atoms in total. The van der Waals surface area contributed by atoms with Crippen molar-refractivity contribution in [2.45, 2.75) is 359 Å². The van der Waals surface area contributed by atoms with Gasteiger partial charge < -0.3 is 45.1 Å². The second kappa shape index (κ2) is 61.1. The molecule has 1 amide bonds. The number of carbonyl (C=O) groups excluding carboxylic acids is 2. The number of carbonyl (C=O) groups is 2. The summed E-state index contributed by atoms with van der Waals surface area (Å²) >= 11 is 0. The van der Waals surface area contributed by atoms with E-state index in [1.807, 2.05) is 6.08 Å². The monoisotopic (exact) mass is 1190 g/mol. The molecular formula is C74H131NO10. The largest absolute Gasteiger partial charge is 0.454 e. The van der Waals surface area contributed by atoms with Crippen molar-refractivity contribution >= 4 is 11.9 Å². The van der Waals surface area contributed by atoms with E-state index in [0.29, 0.717) is 12.8 Å². The normalized spacial score (nSPS) is 18.9. The summed E-state index contributed by atoms with van der Waals surface area (Å²) in [7, 11) is 0. The lowest BCUT2D eigenvalue weighted by Crippen LogP contribution is -2.61. The predicted octanol–water partition coefficient (Wildman–Crippen LogP) is 18.1. The Bertz CT molecular complexity index is 1710. The van der Waals surface area contributed by atoms with E-state index in [-0.39, 0.29) is 19.4 Å². The van der Waals surface area contributed by atoms with Gasteiger partial charge in [-0.15, -0.1) is 0 Å². The molecule has 6 N–H and O–H groups in total. The maximum Gasteiger partial charge on any atom is 0.306 e. The predicted molar refractivity (Wildman–Crippen MR) is 356 cm³/mol. The summed E-state index contributed by atoms with van der Waals surface area (Å²) in [5.74, 6) is -1.20. The number of hydrogen-bond acceptors (Lipinski definition) is 10. The van der Waals surface area contributed by atoms with Gasteiger partial charge in [-0.05, 0) is 77.0 Å².